The maximum Gasteiger partial charge on any atom is 0.409 e. The van der Waals surface area contributed by atoms with E-state index in [1.165, 1.54) is 23.2 Å². The fraction of sp³-hybridized carbons (Fsp3) is 0.609. The number of ether oxygens (including phenoxy) is 2. The minimum absolute atomic E-state index is 0.0797. The van der Waals surface area contributed by atoms with Crippen molar-refractivity contribution in [2.45, 2.75) is 70.6 Å². The maximum absolute atomic E-state index is 12.6. The number of amides is 4. The van der Waals surface area contributed by atoms with Gasteiger partial charge in [-0.15, -0.1) is 0 Å². The molecule has 200 valence electrons. The summed E-state index contributed by atoms with van der Waals surface area (Å²) in [4.78, 5) is 55.4. The van der Waals surface area contributed by atoms with E-state index in [0.29, 0.717) is 18.1 Å². The number of alkyl carbamates (subject to hydrolysis) is 1. The fourth-order valence-electron chi connectivity index (χ4n) is 3.29. The average molecular weight is 542 g/mol. The Labute approximate surface area is 217 Å². The van der Waals surface area contributed by atoms with Crippen LogP contribution in [0.3, 0.4) is 0 Å². The van der Waals surface area contributed by atoms with Gasteiger partial charge < -0.3 is 30.3 Å². The number of nitrogens with one attached hydrogen (secondary N) is 3. The van der Waals surface area contributed by atoms with Crippen LogP contribution in [0.15, 0.2) is 18.3 Å². The molecule has 1 aliphatic rings. The van der Waals surface area contributed by atoms with Crippen molar-refractivity contribution in [3.05, 3.63) is 23.4 Å². The van der Waals surface area contributed by atoms with Gasteiger partial charge in [-0.1, -0.05) is 31.2 Å². The summed E-state index contributed by atoms with van der Waals surface area (Å²) in [6.45, 7) is 12.4. The van der Waals surface area contributed by atoms with Crippen LogP contribution in [-0.4, -0.2) is 79.3 Å². The van der Waals surface area contributed by atoms with Crippen LogP contribution in [0.25, 0.3) is 0 Å². The number of rotatable bonds is 6. The molecule has 13 heteroatoms. The highest BCUT2D eigenvalue weighted by molar-refractivity contribution is 6.76. The van der Waals surface area contributed by atoms with Crippen molar-refractivity contribution in [3.8, 4) is 0 Å². The average Bonchev–Trinajstić information content (AvgIpc) is 2.74. The summed E-state index contributed by atoms with van der Waals surface area (Å²) in [5.41, 5.74) is -0.738. The van der Waals surface area contributed by atoms with Gasteiger partial charge in [-0.05, 0) is 45.4 Å². The fourth-order valence-corrected chi connectivity index (χ4v) is 4.11. The number of aromatic nitrogens is 1. The first-order valence-electron chi connectivity index (χ1n) is 11.8. The number of likely N-dealkylation sites (tertiary alicyclic amines) is 1. The lowest BCUT2D eigenvalue weighted by Crippen LogP contribution is -2.62. The lowest BCUT2D eigenvalue weighted by Gasteiger charge is -2.38. The molecule has 2 atom stereocenters. The van der Waals surface area contributed by atoms with Crippen LogP contribution in [0.4, 0.5) is 15.4 Å². The molecule has 1 fully saturated rings. The van der Waals surface area contributed by atoms with Gasteiger partial charge in [-0.3, -0.25) is 9.59 Å². The number of carbonyl (C=O) groups excluding carboxylic acids is 4. The molecular formula is C23H36ClN5O6Si. The summed E-state index contributed by atoms with van der Waals surface area (Å²) < 4.78 is 10.8. The van der Waals surface area contributed by atoms with Gasteiger partial charge in [-0.2, -0.15) is 0 Å². The topological polar surface area (TPSA) is 139 Å². The Kier molecular flexibility index (Phi) is 10.1. The number of anilines is 1. The second-order valence-electron chi connectivity index (χ2n) is 10.8. The summed E-state index contributed by atoms with van der Waals surface area (Å²) in [5.74, 6) is -1.66. The highest BCUT2D eigenvalue weighted by Crippen LogP contribution is 2.16. The number of halogens is 1. The molecule has 1 aromatic heterocycles. The van der Waals surface area contributed by atoms with Gasteiger partial charge in [0.1, 0.15) is 11.4 Å². The van der Waals surface area contributed by atoms with Crippen molar-refractivity contribution in [2.24, 2.45) is 0 Å². The number of carbonyl (C=O) groups is 4. The van der Waals surface area contributed by atoms with Crippen LogP contribution in [0.1, 0.15) is 27.2 Å². The molecule has 0 bridgehead atoms. The van der Waals surface area contributed by atoms with E-state index in [9.17, 15) is 19.2 Å². The first kappa shape index (κ1) is 29.4. The van der Waals surface area contributed by atoms with Crippen LogP contribution in [0.2, 0.25) is 30.7 Å². The molecule has 3 N–H and O–H groups in total. The van der Waals surface area contributed by atoms with Gasteiger partial charge in [-0.25, -0.2) is 14.6 Å². The van der Waals surface area contributed by atoms with E-state index in [1.807, 2.05) is 0 Å². The number of hydrogen-bond donors (Lipinski definition) is 3. The second-order valence-corrected chi connectivity index (χ2v) is 16.9. The molecule has 4 amide bonds. The molecule has 0 aromatic carbocycles. The van der Waals surface area contributed by atoms with Crippen molar-refractivity contribution >= 4 is 49.5 Å². The highest BCUT2D eigenvalue weighted by Gasteiger charge is 2.36. The largest absolute Gasteiger partial charge is 0.450 e. The van der Waals surface area contributed by atoms with Crippen molar-refractivity contribution in [3.63, 3.8) is 0 Å². The van der Waals surface area contributed by atoms with E-state index in [4.69, 9.17) is 21.1 Å². The lowest BCUT2D eigenvalue weighted by atomic mass is 9.99. The number of hydrogen-bond acceptors (Lipinski definition) is 7. The quantitative estimate of drug-likeness (QED) is 0.371. The smallest absolute Gasteiger partial charge is 0.409 e. The minimum atomic E-state index is -1.37. The van der Waals surface area contributed by atoms with Gasteiger partial charge >= 0.3 is 24.0 Å². The van der Waals surface area contributed by atoms with Gasteiger partial charge in [0, 0.05) is 27.4 Å². The van der Waals surface area contributed by atoms with E-state index < -0.39 is 49.8 Å². The zero-order chi connectivity index (χ0) is 27.1. The van der Waals surface area contributed by atoms with E-state index in [0.717, 1.165) is 6.04 Å². The zero-order valence-corrected chi connectivity index (χ0v) is 23.4. The van der Waals surface area contributed by atoms with E-state index in [-0.39, 0.29) is 18.9 Å². The van der Waals surface area contributed by atoms with Gasteiger partial charge in [0.2, 0.25) is 0 Å². The predicted octanol–water partition coefficient (Wildman–Crippen LogP) is 3.23. The Morgan fingerprint density at radius 3 is 2.39 bits per heavy atom. The SMILES string of the molecule is CC(C)(C)OC(=O)N[C@@H]1CN(C(=O)OCC[Si](C)(C)C)CC[C@@H]1NC(=O)C(=O)Nc1ccc(Cl)cn1. The Hall–Kier alpha value is -2.86. The molecule has 1 saturated heterocycles. The van der Waals surface area contributed by atoms with Crippen molar-refractivity contribution in [2.75, 3.05) is 25.0 Å². The highest BCUT2D eigenvalue weighted by atomic mass is 35.5. The molecule has 0 radical (unpaired) electrons. The molecule has 1 aliphatic heterocycles. The summed E-state index contributed by atoms with van der Waals surface area (Å²) in [6, 6.07) is 2.50. The third kappa shape index (κ3) is 10.4. The van der Waals surface area contributed by atoms with Crippen LogP contribution >= 0.6 is 11.6 Å². The van der Waals surface area contributed by atoms with Crippen molar-refractivity contribution in [1.82, 2.24) is 20.5 Å². The summed E-state index contributed by atoms with van der Waals surface area (Å²) in [6.07, 6.45) is 0.451. The molecule has 0 aliphatic carbocycles. The Balaban J connectivity index is 2.04. The van der Waals surface area contributed by atoms with Crippen LogP contribution in [0, 0.1) is 0 Å². The molecule has 2 rings (SSSR count). The monoisotopic (exact) mass is 541 g/mol. The zero-order valence-electron chi connectivity index (χ0n) is 21.6. The molecule has 0 saturated carbocycles. The third-order valence-corrected chi connectivity index (χ3v) is 7.07. The number of piperidine rings is 1. The van der Waals surface area contributed by atoms with Gasteiger partial charge in [0.15, 0.2) is 0 Å². The third-order valence-electron chi connectivity index (χ3n) is 5.14. The molecule has 0 unspecified atom stereocenters. The lowest BCUT2D eigenvalue weighted by molar-refractivity contribution is -0.137. The molecule has 2 heterocycles. The Morgan fingerprint density at radius 1 is 1.11 bits per heavy atom. The molecule has 0 spiro atoms. The Bertz CT molecular complexity index is 948. The van der Waals surface area contributed by atoms with E-state index in [2.05, 4.69) is 40.6 Å². The predicted molar refractivity (Wildman–Crippen MR) is 139 cm³/mol. The first-order chi connectivity index (χ1) is 16.6. The molecule has 1 aromatic rings. The van der Waals surface area contributed by atoms with Crippen LogP contribution < -0.4 is 16.0 Å². The summed E-state index contributed by atoms with van der Waals surface area (Å²) in [7, 11) is -1.37. The first-order valence-corrected chi connectivity index (χ1v) is 15.9. The van der Waals surface area contributed by atoms with Gasteiger partial charge in [0.05, 0.1) is 23.7 Å². The molecule has 11 nitrogen and oxygen atoms in total. The van der Waals surface area contributed by atoms with E-state index in [1.54, 1.807) is 20.8 Å². The molecule has 36 heavy (non-hydrogen) atoms. The second kappa shape index (κ2) is 12.4. The normalized spacial score (nSPS) is 18.1. The number of nitrogens with zero attached hydrogens (tertiary/aromatic N) is 2. The standard InChI is InChI=1S/C23H36ClN5O6Si/c1-23(2,3)35-21(32)27-17-14-29(22(33)34-11-12-36(4,5)6)10-9-16(17)26-19(30)20(31)28-18-8-7-15(24)13-25-18/h7-8,13,16-17H,9-12,14H2,1-6H3,(H,26,30)(H,27,32)(H,25,28,31)/t16-,17+/m0/s1. The maximum atomic E-state index is 12.6. The van der Waals surface area contributed by atoms with Crippen LogP contribution in [-0.2, 0) is 19.1 Å². The molecular weight excluding hydrogens is 506 g/mol. The van der Waals surface area contributed by atoms with Gasteiger partial charge in [0.25, 0.3) is 0 Å². The number of pyridine rings is 1. The van der Waals surface area contributed by atoms with E-state index >= 15 is 0 Å². The summed E-state index contributed by atoms with van der Waals surface area (Å²) in [5, 5.41) is 8.14. The van der Waals surface area contributed by atoms with Crippen molar-refractivity contribution < 1.29 is 28.7 Å². The van der Waals surface area contributed by atoms with Crippen molar-refractivity contribution in [1.29, 1.82) is 0 Å². The minimum Gasteiger partial charge on any atom is -0.450 e. The van der Waals surface area contributed by atoms with Crippen LogP contribution in [0.5, 0.6) is 0 Å². The Morgan fingerprint density at radius 2 is 1.81 bits per heavy atom. The summed E-state index contributed by atoms with van der Waals surface area (Å²) >= 11 is 5.78.